The van der Waals surface area contributed by atoms with Crippen LogP contribution in [0.3, 0.4) is 0 Å². The van der Waals surface area contributed by atoms with Crippen molar-refractivity contribution < 1.29 is 9.59 Å². The first kappa shape index (κ1) is 19.9. The lowest BCUT2D eigenvalue weighted by Crippen LogP contribution is -2.14. The van der Waals surface area contributed by atoms with Crippen molar-refractivity contribution in [2.24, 2.45) is 0 Å². The topological polar surface area (TPSA) is 46.2 Å². The van der Waals surface area contributed by atoms with E-state index in [1.54, 1.807) is 36.4 Å². The molecule has 1 N–H and O–H groups in total. The molecule has 4 aromatic rings. The number of hydrogen-bond acceptors (Lipinski definition) is 3. The van der Waals surface area contributed by atoms with Crippen LogP contribution in [0.25, 0.3) is 10.1 Å². The van der Waals surface area contributed by atoms with Crippen LogP contribution in [0.5, 0.6) is 0 Å². The van der Waals surface area contributed by atoms with E-state index in [0.717, 1.165) is 10.1 Å². The lowest BCUT2D eigenvalue weighted by atomic mass is 10.0. The third-order valence-corrected chi connectivity index (χ3v) is 6.57. The van der Waals surface area contributed by atoms with Crippen molar-refractivity contribution in [3.8, 4) is 0 Å². The number of benzene rings is 3. The monoisotopic (exact) mass is 459 g/mol. The van der Waals surface area contributed by atoms with E-state index in [4.69, 9.17) is 34.8 Å². The number of fused-ring (bicyclic) bond motifs is 1. The summed E-state index contributed by atoms with van der Waals surface area (Å²) in [4.78, 5) is 26.3. The lowest BCUT2D eigenvalue weighted by Gasteiger charge is -2.11. The molecule has 144 valence electrons. The zero-order valence-corrected chi connectivity index (χ0v) is 17.8. The predicted octanol–water partition coefficient (Wildman–Crippen LogP) is 7.34. The second kappa shape index (κ2) is 8.17. The Balaban J connectivity index is 1.72. The van der Waals surface area contributed by atoms with Crippen LogP contribution < -0.4 is 5.32 Å². The molecular formula is C22H12Cl3NO2S. The van der Waals surface area contributed by atoms with Crippen molar-refractivity contribution in [2.75, 3.05) is 5.32 Å². The van der Waals surface area contributed by atoms with Gasteiger partial charge in [0, 0.05) is 26.2 Å². The zero-order valence-electron chi connectivity index (χ0n) is 14.7. The minimum atomic E-state index is -0.397. The van der Waals surface area contributed by atoms with E-state index < -0.39 is 5.91 Å². The van der Waals surface area contributed by atoms with Gasteiger partial charge in [-0.2, -0.15) is 0 Å². The first-order valence-corrected chi connectivity index (χ1v) is 10.5. The highest BCUT2D eigenvalue weighted by Gasteiger charge is 2.21. The fourth-order valence-electron chi connectivity index (χ4n) is 2.94. The van der Waals surface area contributed by atoms with Crippen LogP contribution in [0.2, 0.25) is 15.1 Å². The molecule has 0 aliphatic rings. The molecule has 0 atom stereocenters. The maximum Gasteiger partial charge on any atom is 0.267 e. The Morgan fingerprint density at radius 2 is 1.55 bits per heavy atom. The largest absolute Gasteiger partial charge is 0.321 e. The van der Waals surface area contributed by atoms with E-state index in [1.165, 1.54) is 17.4 Å². The molecular weight excluding hydrogens is 449 g/mol. The molecule has 0 bridgehead atoms. The number of halogens is 3. The van der Waals surface area contributed by atoms with Gasteiger partial charge in [-0.1, -0.05) is 65.1 Å². The first-order valence-electron chi connectivity index (χ1n) is 8.53. The van der Waals surface area contributed by atoms with Crippen molar-refractivity contribution >= 4 is 73.6 Å². The summed E-state index contributed by atoms with van der Waals surface area (Å²) in [5.74, 6) is -0.734. The van der Waals surface area contributed by atoms with E-state index in [2.05, 4.69) is 5.32 Å². The quantitative estimate of drug-likeness (QED) is 0.324. The van der Waals surface area contributed by atoms with Crippen LogP contribution in [0.4, 0.5) is 5.69 Å². The molecule has 0 fully saturated rings. The lowest BCUT2D eigenvalue weighted by molar-refractivity contribution is 0.103. The highest BCUT2D eigenvalue weighted by atomic mass is 35.5. The van der Waals surface area contributed by atoms with Gasteiger partial charge in [0.15, 0.2) is 5.78 Å². The number of carbonyl (C=O) groups is 2. The van der Waals surface area contributed by atoms with E-state index in [1.807, 2.05) is 24.3 Å². The third-order valence-electron chi connectivity index (χ3n) is 4.33. The summed E-state index contributed by atoms with van der Waals surface area (Å²) < 4.78 is 0.908. The summed E-state index contributed by atoms with van der Waals surface area (Å²) in [6.07, 6.45) is 0. The Morgan fingerprint density at radius 3 is 2.31 bits per heavy atom. The number of thiophene rings is 1. The number of rotatable bonds is 4. The maximum absolute atomic E-state index is 13.0. The minimum Gasteiger partial charge on any atom is -0.321 e. The molecule has 0 unspecified atom stereocenters. The van der Waals surface area contributed by atoms with E-state index >= 15 is 0 Å². The van der Waals surface area contributed by atoms with Crippen molar-refractivity contribution in [1.29, 1.82) is 0 Å². The minimum absolute atomic E-state index is 0.246. The number of anilines is 1. The number of nitrogens with one attached hydrogen (secondary N) is 1. The van der Waals surface area contributed by atoms with Crippen molar-refractivity contribution in [2.45, 2.75) is 0 Å². The molecule has 0 saturated heterocycles. The van der Waals surface area contributed by atoms with Crippen LogP contribution in [0.1, 0.15) is 25.6 Å². The maximum atomic E-state index is 13.0. The SMILES string of the molecule is O=C(c1ccccc1Cl)c1cc(Cl)ccc1NC(=O)c1sc2ccccc2c1Cl. The molecule has 1 heterocycles. The Hall–Kier alpha value is -2.37. The Kier molecular flexibility index (Phi) is 5.61. The second-order valence-corrected chi connectivity index (χ2v) is 8.47. The van der Waals surface area contributed by atoms with Gasteiger partial charge in [0.05, 0.1) is 15.7 Å². The van der Waals surface area contributed by atoms with Gasteiger partial charge in [-0.05, 0) is 36.4 Å². The predicted molar refractivity (Wildman–Crippen MR) is 121 cm³/mol. The number of hydrogen-bond donors (Lipinski definition) is 1. The summed E-state index contributed by atoms with van der Waals surface area (Å²) >= 11 is 20.0. The third kappa shape index (κ3) is 3.89. The van der Waals surface area contributed by atoms with Gasteiger partial charge in [0.1, 0.15) is 4.88 Å². The zero-order chi connectivity index (χ0) is 20.5. The summed E-state index contributed by atoms with van der Waals surface area (Å²) in [6.45, 7) is 0. The molecule has 7 heteroatoms. The van der Waals surface area contributed by atoms with Crippen LogP contribution >= 0.6 is 46.1 Å². The van der Waals surface area contributed by atoms with Crippen LogP contribution in [-0.4, -0.2) is 11.7 Å². The molecule has 3 nitrogen and oxygen atoms in total. The Labute approximate surface area is 185 Å². The van der Waals surface area contributed by atoms with Crippen LogP contribution in [0, 0.1) is 0 Å². The Bertz CT molecular complexity index is 1270. The summed E-state index contributed by atoms with van der Waals surface area (Å²) in [6, 6.07) is 18.9. The average Bonchev–Trinajstić information content (AvgIpc) is 3.06. The highest BCUT2D eigenvalue weighted by Crippen LogP contribution is 2.36. The molecule has 0 saturated carbocycles. The normalized spacial score (nSPS) is 10.9. The van der Waals surface area contributed by atoms with Gasteiger partial charge in [-0.15, -0.1) is 11.3 Å². The molecule has 0 spiro atoms. The van der Waals surface area contributed by atoms with Gasteiger partial charge < -0.3 is 5.32 Å². The van der Waals surface area contributed by atoms with Gasteiger partial charge in [0.25, 0.3) is 5.91 Å². The Morgan fingerprint density at radius 1 is 0.828 bits per heavy atom. The van der Waals surface area contributed by atoms with Crippen molar-refractivity contribution in [3.05, 3.63) is 97.8 Å². The summed E-state index contributed by atoms with van der Waals surface area (Å²) in [5.41, 5.74) is 0.904. The van der Waals surface area contributed by atoms with Gasteiger partial charge >= 0.3 is 0 Å². The standard InChI is InChI=1S/C22H12Cl3NO2S/c23-12-9-10-17(15(11-12)20(27)13-5-1-3-7-16(13)24)26-22(28)21-19(25)14-6-2-4-8-18(14)29-21/h1-11H,(H,26,28). The average molecular weight is 461 g/mol. The fourth-order valence-corrected chi connectivity index (χ4v) is 4.75. The molecule has 29 heavy (non-hydrogen) atoms. The van der Waals surface area contributed by atoms with Gasteiger partial charge in [-0.25, -0.2) is 0 Å². The molecule has 4 rings (SSSR count). The molecule has 0 aliphatic heterocycles. The van der Waals surface area contributed by atoms with Crippen molar-refractivity contribution in [1.82, 2.24) is 0 Å². The smallest absolute Gasteiger partial charge is 0.267 e. The molecule has 1 amide bonds. The highest BCUT2D eigenvalue weighted by molar-refractivity contribution is 7.21. The molecule has 0 aliphatic carbocycles. The number of ketones is 1. The summed E-state index contributed by atoms with van der Waals surface area (Å²) in [5, 5.41) is 4.68. The molecule has 3 aromatic carbocycles. The second-order valence-electron chi connectivity index (χ2n) is 6.19. The van der Waals surface area contributed by atoms with Crippen LogP contribution in [-0.2, 0) is 0 Å². The first-order chi connectivity index (χ1) is 14.0. The number of carbonyl (C=O) groups excluding carboxylic acids is 2. The van der Waals surface area contributed by atoms with Crippen molar-refractivity contribution in [3.63, 3.8) is 0 Å². The molecule has 0 radical (unpaired) electrons. The van der Waals surface area contributed by atoms with E-state index in [0.29, 0.717) is 31.2 Å². The van der Waals surface area contributed by atoms with E-state index in [-0.39, 0.29) is 11.3 Å². The van der Waals surface area contributed by atoms with Crippen LogP contribution in [0.15, 0.2) is 66.7 Å². The summed E-state index contributed by atoms with van der Waals surface area (Å²) in [7, 11) is 0. The van der Waals surface area contributed by atoms with Gasteiger partial charge in [-0.3, -0.25) is 9.59 Å². The van der Waals surface area contributed by atoms with Gasteiger partial charge in [0.2, 0.25) is 0 Å². The van der Waals surface area contributed by atoms with E-state index in [9.17, 15) is 9.59 Å². The fraction of sp³-hybridized carbons (Fsp3) is 0. The molecule has 1 aromatic heterocycles. The number of amides is 1.